The third kappa shape index (κ3) is 3.96. The van der Waals surface area contributed by atoms with Crippen LogP contribution in [0.25, 0.3) is 0 Å². The molecule has 18 heavy (non-hydrogen) atoms. The van der Waals surface area contributed by atoms with Crippen LogP contribution in [0.15, 0.2) is 0 Å². The van der Waals surface area contributed by atoms with Crippen molar-refractivity contribution < 1.29 is 0 Å². The van der Waals surface area contributed by atoms with E-state index in [1.54, 1.807) is 0 Å². The number of hydrogen-bond donors (Lipinski definition) is 1. The van der Waals surface area contributed by atoms with E-state index in [9.17, 15) is 0 Å². The summed E-state index contributed by atoms with van der Waals surface area (Å²) in [4.78, 5) is 2.71. The minimum atomic E-state index is 0.458. The second kappa shape index (κ2) is 7.49. The fraction of sp³-hybridized carbons (Fsp3) is 1.00. The lowest BCUT2D eigenvalue weighted by Crippen LogP contribution is -2.52. The Morgan fingerprint density at radius 3 is 2.44 bits per heavy atom. The van der Waals surface area contributed by atoms with Gasteiger partial charge in [-0.25, -0.2) is 0 Å². The van der Waals surface area contributed by atoms with Crippen LogP contribution in [0.3, 0.4) is 0 Å². The van der Waals surface area contributed by atoms with Gasteiger partial charge < -0.3 is 5.32 Å². The number of nitrogens with one attached hydrogen (secondary N) is 1. The van der Waals surface area contributed by atoms with Gasteiger partial charge >= 0.3 is 0 Å². The van der Waals surface area contributed by atoms with Crippen LogP contribution in [0.2, 0.25) is 0 Å². The van der Waals surface area contributed by atoms with Crippen molar-refractivity contribution in [1.82, 2.24) is 10.2 Å². The molecule has 0 aromatic rings. The fourth-order valence-corrected chi connectivity index (χ4v) is 3.39. The van der Waals surface area contributed by atoms with Gasteiger partial charge in [-0.15, -0.1) is 0 Å². The number of likely N-dealkylation sites (N-methyl/N-ethyl adjacent to an activating group) is 1. The maximum absolute atomic E-state index is 3.82. The van der Waals surface area contributed by atoms with Crippen LogP contribution < -0.4 is 5.32 Å². The molecule has 0 saturated heterocycles. The number of rotatable bonds is 8. The highest BCUT2D eigenvalue weighted by Gasteiger charge is 2.43. The molecule has 2 nitrogen and oxygen atoms in total. The molecule has 1 rings (SSSR count). The van der Waals surface area contributed by atoms with Gasteiger partial charge in [-0.2, -0.15) is 0 Å². The van der Waals surface area contributed by atoms with E-state index in [0.29, 0.717) is 11.5 Å². The van der Waals surface area contributed by atoms with E-state index in [1.165, 1.54) is 45.2 Å². The van der Waals surface area contributed by atoms with E-state index in [4.69, 9.17) is 0 Å². The van der Waals surface area contributed by atoms with Crippen LogP contribution in [-0.4, -0.2) is 36.6 Å². The topological polar surface area (TPSA) is 15.3 Å². The molecule has 0 spiro atoms. The van der Waals surface area contributed by atoms with Crippen molar-refractivity contribution in [3.63, 3.8) is 0 Å². The van der Waals surface area contributed by atoms with Gasteiger partial charge in [0.2, 0.25) is 0 Å². The highest BCUT2D eigenvalue weighted by Crippen LogP contribution is 2.39. The van der Waals surface area contributed by atoms with Crippen LogP contribution in [0.4, 0.5) is 0 Å². The Hall–Kier alpha value is -0.0800. The number of unbranched alkanes of at least 4 members (excludes halogenated alkanes) is 1. The molecular formula is C16H34N2. The van der Waals surface area contributed by atoms with Gasteiger partial charge in [0.05, 0.1) is 0 Å². The first kappa shape index (κ1) is 16.0. The molecule has 0 aliphatic heterocycles. The lowest BCUT2D eigenvalue weighted by atomic mass is 9.86. The Morgan fingerprint density at radius 2 is 1.89 bits per heavy atom. The molecule has 0 heterocycles. The molecule has 1 aliphatic carbocycles. The number of nitrogens with zero attached hydrogens (tertiary/aromatic N) is 1. The molecule has 0 aromatic heterocycles. The third-order valence-corrected chi connectivity index (χ3v) is 4.60. The van der Waals surface area contributed by atoms with E-state index in [-0.39, 0.29) is 0 Å². The van der Waals surface area contributed by atoms with Crippen LogP contribution in [-0.2, 0) is 0 Å². The molecule has 0 amide bonds. The molecule has 1 saturated carbocycles. The quantitative estimate of drug-likeness (QED) is 0.711. The van der Waals surface area contributed by atoms with Crippen molar-refractivity contribution in [3.8, 4) is 0 Å². The predicted octanol–water partition coefficient (Wildman–Crippen LogP) is 3.67. The van der Waals surface area contributed by atoms with Crippen molar-refractivity contribution >= 4 is 0 Å². The van der Waals surface area contributed by atoms with E-state index < -0.39 is 0 Å². The Balaban J connectivity index is 2.65. The summed E-state index contributed by atoms with van der Waals surface area (Å²) in [5, 5.41) is 3.82. The zero-order valence-electron chi connectivity index (χ0n) is 13.3. The monoisotopic (exact) mass is 254 g/mol. The zero-order valence-corrected chi connectivity index (χ0v) is 13.3. The maximum atomic E-state index is 3.82. The summed E-state index contributed by atoms with van der Waals surface area (Å²) in [6.07, 6.45) is 6.61. The summed E-state index contributed by atoms with van der Waals surface area (Å²) in [5.41, 5.74) is 0.458. The fourth-order valence-electron chi connectivity index (χ4n) is 3.39. The molecule has 1 N–H and O–H groups in total. The lowest BCUT2D eigenvalue weighted by molar-refractivity contribution is 0.148. The van der Waals surface area contributed by atoms with E-state index in [1.807, 2.05) is 0 Å². The van der Waals surface area contributed by atoms with Crippen molar-refractivity contribution in [2.24, 2.45) is 5.41 Å². The Bertz CT molecular complexity index is 225. The molecule has 2 atom stereocenters. The molecule has 0 radical (unpaired) electrons. The summed E-state index contributed by atoms with van der Waals surface area (Å²) in [7, 11) is 0. The summed E-state index contributed by atoms with van der Waals surface area (Å²) >= 11 is 0. The summed E-state index contributed by atoms with van der Waals surface area (Å²) in [5.74, 6) is 0. The van der Waals surface area contributed by atoms with Gasteiger partial charge in [-0.05, 0) is 50.7 Å². The van der Waals surface area contributed by atoms with Crippen molar-refractivity contribution in [3.05, 3.63) is 0 Å². The molecular weight excluding hydrogens is 220 g/mol. The second-order valence-corrected chi connectivity index (χ2v) is 6.51. The van der Waals surface area contributed by atoms with Crippen LogP contribution >= 0.6 is 0 Å². The van der Waals surface area contributed by atoms with Crippen LogP contribution in [0, 0.1) is 5.41 Å². The normalized spacial score (nSPS) is 27.0. The summed E-state index contributed by atoms with van der Waals surface area (Å²) < 4.78 is 0. The summed E-state index contributed by atoms with van der Waals surface area (Å²) in [6, 6.07) is 1.43. The van der Waals surface area contributed by atoms with E-state index in [2.05, 4.69) is 44.8 Å². The number of hydrogen-bond acceptors (Lipinski definition) is 2. The largest absolute Gasteiger partial charge is 0.312 e. The Morgan fingerprint density at radius 1 is 1.17 bits per heavy atom. The summed E-state index contributed by atoms with van der Waals surface area (Å²) in [6.45, 7) is 15.4. The first-order chi connectivity index (χ1) is 8.56. The molecule has 2 unspecified atom stereocenters. The van der Waals surface area contributed by atoms with Gasteiger partial charge in [0.25, 0.3) is 0 Å². The average molecular weight is 254 g/mol. The molecule has 1 aliphatic rings. The lowest BCUT2D eigenvalue weighted by Gasteiger charge is -2.37. The van der Waals surface area contributed by atoms with Crippen LogP contribution in [0.1, 0.15) is 66.7 Å². The van der Waals surface area contributed by atoms with Gasteiger partial charge in [0, 0.05) is 12.1 Å². The molecule has 2 heteroatoms. The maximum Gasteiger partial charge on any atom is 0.0274 e. The highest BCUT2D eigenvalue weighted by atomic mass is 15.2. The zero-order chi connectivity index (χ0) is 13.6. The standard InChI is InChI=1S/C16H34N2/c1-6-9-13-18(8-3)14-10-11-16(4,5)15(14)17-12-7-2/h14-15,17H,6-13H2,1-5H3. The van der Waals surface area contributed by atoms with E-state index in [0.717, 1.165) is 12.6 Å². The van der Waals surface area contributed by atoms with Gasteiger partial charge in [-0.1, -0.05) is 41.0 Å². The first-order valence-electron chi connectivity index (χ1n) is 8.04. The SMILES string of the molecule is CCCCN(CC)C1CCC(C)(C)C1NCCC. The van der Waals surface area contributed by atoms with Gasteiger partial charge in [0.15, 0.2) is 0 Å². The molecule has 0 aromatic carbocycles. The van der Waals surface area contributed by atoms with Crippen molar-refractivity contribution in [1.29, 1.82) is 0 Å². The molecule has 108 valence electrons. The second-order valence-electron chi connectivity index (χ2n) is 6.51. The van der Waals surface area contributed by atoms with Crippen LogP contribution in [0.5, 0.6) is 0 Å². The third-order valence-electron chi connectivity index (χ3n) is 4.60. The molecule has 1 fully saturated rings. The highest BCUT2D eigenvalue weighted by molar-refractivity contribution is 5.00. The minimum Gasteiger partial charge on any atom is -0.312 e. The van der Waals surface area contributed by atoms with Gasteiger partial charge in [-0.3, -0.25) is 4.90 Å². The van der Waals surface area contributed by atoms with E-state index >= 15 is 0 Å². The minimum absolute atomic E-state index is 0.458. The van der Waals surface area contributed by atoms with Crippen molar-refractivity contribution in [2.75, 3.05) is 19.6 Å². The van der Waals surface area contributed by atoms with Gasteiger partial charge in [0.1, 0.15) is 0 Å². The molecule has 0 bridgehead atoms. The first-order valence-corrected chi connectivity index (χ1v) is 8.04. The smallest absolute Gasteiger partial charge is 0.0274 e. The van der Waals surface area contributed by atoms with Crippen molar-refractivity contribution in [2.45, 2.75) is 78.8 Å². The Kier molecular flexibility index (Phi) is 6.65. The average Bonchev–Trinajstić information content (AvgIpc) is 2.64. The predicted molar refractivity (Wildman–Crippen MR) is 81.0 cm³/mol. The Labute approximate surface area is 115 Å².